The number of carboxylic acid groups (broad SMARTS) is 1. The Kier molecular flexibility index (Phi) is 7.42. The molecule has 1 saturated carbocycles. The summed E-state index contributed by atoms with van der Waals surface area (Å²) in [6.07, 6.45) is 7.17. The number of nitrogens with zero attached hydrogens (tertiary/aromatic N) is 6. The van der Waals surface area contributed by atoms with E-state index in [4.69, 9.17) is 14.8 Å². The molecule has 0 spiro atoms. The third-order valence-corrected chi connectivity index (χ3v) is 8.99. The molecule has 1 fully saturated rings. The second-order valence-electron chi connectivity index (χ2n) is 12.2. The van der Waals surface area contributed by atoms with Crippen LogP contribution in [0.2, 0.25) is 0 Å². The lowest BCUT2D eigenvalue weighted by Gasteiger charge is -2.31. The number of alkyl halides is 1. The quantitative estimate of drug-likeness (QED) is 0.215. The minimum absolute atomic E-state index is 0.0284. The molecular formula is C33H36FN7O4. The number of imidazole rings is 2. The highest BCUT2D eigenvalue weighted by Gasteiger charge is 2.30. The fourth-order valence-corrected chi connectivity index (χ4v) is 6.36. The largest absolute Gasteiger partial charge is 0.489 e. The fourth-order valence-electron chi connectivity index (χ4n) is 6.36. The Hall–Kier alpha value is -4.87. The van der Waals surface area contributed by atoms with Crippen LogP contribution in [-0.4, -0.2) is 78.1 Å². The molecule has 7 rings (SSSR count). The molecule has 0 saturated heterocycles. The van der Waals surface area contributed by atoms with Crippen molar-refractivity contribution in [2.45, 2.75) is 44.8 Å². The molecule has 2 atom stereocenters. The first-order chi connectivity index (χ1) is 21.8. The Balaban J connectivity index is 1.24. The van der Waals surface area contributed by atoms with Gasteiger partial charge in [-0.2, -0.15) is 0 Å². The Morgan fingerprint density at radius 2 is 2.09 bits per heavy atom. The average Bonchev–Trinajstić information content (AvgIpc) is 3.39. The lowest BCUT2D eigenvalue weighted by atomic mass is 9.97. The number of rotatable bonds is 11. The summed E-state index contributed by atoms with van der Waals surface area (Å²) in [7, 11) is 2.00. The van der Waals surface area contributed by atoms with Gasteiger partial charge in [0, 0.05) is 50.0 Å². The van der Waals surface area contributed by atoms with Gasteiger partial charge in [0.15, 0.2) is 5.82 Å². The molecule has 234 valence electrons. The molecule has 3 aromatic heterocycles. The maximum absolute atomic E-state index is 13.5. The molecule has 2 amide bonds. The van der Waals surface area contributed by atoms with Crippen molar-refractivity contribution in [1.82, 2.24) is 33.9 Å². The number of ether oxygens (including phenoxy) is 1. The van der Waals surface area contributed by atoms with Gasteiger partial charge < -0.3 is 33.8 Å². The first-order valence-corrected chi connectivity index (χ1v) is 15.4. The number of para-hydroxylation sites is 1. The predicted octanol–water partition coefficient (Wildman–Crippen LogP) is 5.05. The van der Waals surface area contributed by atoms with Gasteiger partial charge in [-0.15, -0.1) is 0 Å². The molecule has 5 aromatic rings. The zero-order valence-electron chi connectivity index (χ0n) is 25.3. The van der Waals surface area contributed by atoms with E-state index < -0.39 is 18.8 Å². The van der Waals surface area contributed by atoms with Crippen molar-refractivity contribution < 1.29 is 23.8 Å². The van der Waals surface area contributed by atoms with Gasteiger partial charge in [0.25, 0.3) is 5.91 Å². The number of hydrogen-bond acceptors (Lipinski definition) is 5. The topological polar surface area (TPSA) is 119 Å². The van der Waals surface area contributed by atoms with Crippen LogP contribution < -0.4 is 10.1 Å². The lowest BCUT2D eigenvalue weighted by Crippen LogP contribution is -2.48. The summed E-state index contributed by atoms with van der Waals surface area (Å²) >= 11 is 0. The van der Waals surface area contributed by atoms with Crippen LogP contribution >= 0.6 is 0 Å². The normalized spacial score (nSPS) is 16.2. The van der Waals surface area contributed by atoms with Gasteiger partial charge in [-0.3, -0.25) is 4.79 Å². The first kappa shape index (κ1) is 28.9. The minimum Gasteiger partial charge on any atom is -0.489 e. The Morgan fingerprint density at radius 1 is 1.24 bits per heavy atom. The molecule has 4 heterocycles. The minimum atomic E-state index is -1.31. The Morgan fingerprint density at radius 3 is 2.82 bits per heavy atom. The van der Waals surface area contributed by atoms with Crippen LogP contribution in [0.1, 0.15) is 41.7 Å². The first-order valence-electron chi connectivity index (χ1n) is 15.4. The van der Waals surface area contributed by atoms with Crippen molar-refractivity contribution in [1.29, 1.82) is 0 Å². The number of benzene rings is 2. The van der Waals surface area contributed by atoms with Gasteiger partial charge in [-0.25, -0.2) is 19.2 Å². The van der Waals surface area contributed by atoms with Crippen molar-refractivity contribution >= 4 is 33.9 Å². The van der Waals surface area contributed by atoms with Crippen LogP contribution in [0.15, 0.2) is 55.1 Å². The molecule has 2 aliphatic rings. The van der Waals surface area contributed by atoms with Gasteiger partial charge in [0.2, 0.25) is 0 Å². The van der Waals surface area contributed by atoms with E-state index in [1.807, 2.05) is 42.1 Å². The Labute approximate surface area is 259 Å². The van der Waals surface area contributed by atoms with E-state index in [1.165, 1.54) is 17.7 Å². The van der Waals surface area contributed by atoms with E-state index >= 15 is 0 Å². The zero-order valence-corrected chi connectivity index (χ0v) is 25.3. The van der Waals surface area contributed by atoms with E-state index in [1.54, 1.807) is 12.5 Å². The molecule has 0 radical (unpaired) electrons. The van der Waals surface area contributed by atoms with E-state index in [2.05, 4.69) is 38.5 Å². The van der Waals surface area contributed by atoms with E-state index in [0.29, 0.717) is 36.6 Å². The molecule has 1 aliphatic heterocycles. The number of amides is 2. The summed E-state index contributed by atoms with van der Waals surface area (Å²) in [5, 5.41) is 12.3. The highest BCUT2D eigenvalue weighted by molar-refractivity contribution is 6.01. The number of fused-ring (bicyclic) bond motifs is 3. The molecular weight excluding hydrogens is 577 g/mol. The van der Waals surface area contributed by atoms with Gasteiger partial charge in [0.05, 0.1) is 40.7 Å². The third-order valence-electron chi connectivity index (χ3n) is 8.99. The number of aryl methyl sites for hydroxylation is 1. The second kappa shape index (κ2) is 11.6. The van der Waals surface area contributed by atoms with Crippen molar-refractivity contribution in [3.63, 3.8) is 0 Å². The highest BCUT2D eigenvalue weighted by Crippen LogP contribution is 2.39. The maximum Gasteiger partial charge on any atom is 0.405 e. The van der Waals surface area contributed by atoms with Crippen LogP contribution in [0.4, 0.5) is 9.18 Å². The van der Waals surface area contributed by atoms with E-state index in [-0.39, 0.29) is 18.5 Å². The summed E-state index contributed by atoms with van der Waals surface area (Å²) in [5.74, 6) is 1.99. The summed E-state index contributed by atoms with van der Waals surface area (Å²) in [6, 6.07) is 11.3. The monoisotopic (exact) mass is 613 g/mol. The second-order valence-corrected chi connectivity index (χ2v) is 12.2. The van der Waals surface area contributed by atoms with E-state index in [0.717, 1.165) is 45.8 Å². The summed E-state index contributed by atoms with van der Waals surface area (Å²) in [4.78, 5) is 35.2. The number of carbonyl (C=O) groups excluding carboxylic acids is 1. The number of halogens is 1. The van der Waals surface area contributed by atoms with Crippen molar-refractivity contribution in [2.24, 2.45) is 13.0 Å². The summed E-state index contributed by atoms with van der Waals surface area (Å²) in [5.41, 5.74) is 5.08. The third kappa shape index (κ3) is 5.49. The van der Waals surface area contributed by atoms with Crippen molar-refractivity contribution in [3.8, 4) is 17.3 Å². The molecule has 1 aliphatic carbocycles. The molecule has 2 aromatic carbocycles. The van der Waals surface area contributed by atoms with Crippen LogP contribution in [0.5, 0.6) is 5.75 Å². The smallest absolute Gasteiger partial charge is 0.405 e. The highest BCUT2D eigenvalue weighted by atomic mass is 19.1. The predicted molar refractivity (Wildman–Crippen MR) is 167 cm³/mol. The number of carbonyl (C=O) groups is 2. The van der Waals surface area contributed by atoms with Crippen LogP contribution in [-0.2, 0) is 20.0 Å². The van der Waals surface area contributed by atoms with Gasteiger partial charge in [0.1, 0.15) is 19.0 Å². The van der Waals surface area contributed by atoms with Crippen LogP contribution in [0, 0.1) is 5.92 Å². The summed E-state index contributed by atoms with van der Waals surface area (Å²) < 4.78 is 26.4. The van der Waals surface area contributed by atoms with Crippen molar-refractivity contribution in [2.75, 3.05) is 26.4 Å². The molecule has 2 unspecified atom stereocenters. The average molecular weight is 614 g/mol. The molecule has 12 heteroatoms. The van der Waals surface area contributed by atoms with Crippen LogP contribution in [0.25, 0.3) is 33.5 Å². The SMILES string of the molecule is CC(COc1cccc2cc(-c3nc4cc5c(cc4n3C)CCN(CC(CF)NC(=O)O)C5=O)n(CC3CC3)c12)n1ccnc1. The summed E-state index contributed by atoms with van der Waals surface area (Å²) in [6.45, 7) is 2.93. The Bertz CT molecular complexity index is 1890. The zero-order chi connectivity index (χ0) is 31.2. The standard InChI is InChI=1S/C33H36FN7O4/c1-20(40-11-9-35-19-40)18-45-29-5-3-4-23-13-28(41(30(23)29)16-21-6-7-21)31-37-26-14-25-22(12-27(26)38(31)2)8-10-39(32(25)42)17-24(15-34)36-33(43)44/h3-5,9,11-14,19-21,24,36H,6-8,10,15-18H2,1-2H3,(H,43,44). The van der Waals surface area contributed by atoms with E-state index in [9.17, 15) is 14.0 Å². The lowest BCUT2D eigenvalue weighted by molar-refractivity contribution is 0.0714. The molecule has 11 nitrogen and oxygen atoms in total. The van der Waals surface area contributed by atoms with Crippen molar-refractivity contribution in [3.05, 3.63) is 66.2 Å². The molecule has 2 N–H and O–H groups in total. The van der Waals surface area contributed by atoms with Gasteiger partial charge in [-0.05, 0) is 61.9 Å². The number of hydrogen-bond donors (Lipinski definition) is 2. The van der Waals surface area contributed by atoms with Gasteiger partial charge >= 0.3 is 6.09 Å². The molecule has 45 heavy (non-hydrogen) atoms. The number of nitrogens with one attached hydrogen (secondary N) is 1. The fraction of sp³-hybridized carbons (Fsp3) is 0.394. The molecule has 0 bridgehead atoms. The number of aromatic nitrogens is 5. The maximum atomic E-state index is 13.5. The van der Waals surface area contributed by atoms with Crippen LogP contribution in [0.3, 0.4) is 0 Å². The van der Waals surface area contributed by atoms with Gasteiger partial charge in [-0.1, -0.05) is 12.1 Å².